The molecular formula is C5H6F. The molecule has 0 heterocycles. The van der Waals surface area contributed by atoms with Gasteiger partial charge in [0, 0.05) is 6.42 Å². The van der Waals surface area contributed by atoms with Crippen LogP contribution in [0.1, 0.15) is 6.42 Å². The third-order valence-electron chi connectivity index (χ3n) is 0.317. The molecule has 0 atom stereocenters. The Morgan fingerprint density at radius 3 is 2.33 bits per heavy atom. The molecule has 0 aliphatic rings. The number of alkyl halides is 1. The standard InChI is InChI=1S/C5H6F/c1-2-3-4-5-6/h1-2,5H2. The number of hydrogen-bond acceptors (Lipinski definition) is 0. The second-order valence-corrected chi connectivity index (χ2v) is 0.737. The van der Waals surface area contributed by atoms with E-state index in [9.17, 15) is 4.39 Å². The second kappa shape index (κ2) is 4.49. The van der Waals surface area contributed by atoms with Crippen molar-refractivity contribution in [3.8, 4) is 11.8 Å². The monoisotopic (exact) mass is 85.0 g/mol. The number of rotatable bonds is 0. The summed E-state index contributed by atoms with van der Waals surface area (Å²) in [5.41, 5.74) is 0. The summed E-state index contributed by atoms with van der Waals surface area (Å²) in [5.74, 6) is 4.68. The smallest absolute Gasteiger partial charge is 0.150 e. The molecule has 6 heavy (non-hydrogen) atoms. The molecule has 1 radical (unpaired) electrons. The van der Waals surface area contributed by atoms with E-state index in [1.54, 1.807) is 0 Å². The quantitative estimate of drug-likeness (QED) is 0.387. The van der Waals surface area contributed by atoms with Crippen LogP contribution in [0.15, 0.2) is 0 Å². The first-order valence-corrected chi connectivity index (χ1v) is 1.72. The van der Waals surface area contributed by atoms with Crippen molar-refractivity contribution in [3.05, 3.63) is 6.92 Å². The third-order valence-corrected chi connectivity index (χ3v) is 0.317. The first-order chi connectivity index (χ1) is 2.91. The molecule has 0 aliphatic carbocycles. The van der Waals surface area contributed by atoms with Crippen LogP contribution in [0, 0.1) is 18.8 Å². The van der Waals surface area contributed by atoms with E-state index in [2.05, 4.69) is 18.8 Å². The molecule has 0 aromatic heterocycles. The lowest BCUT2D eigenvalue weighted by atomic mass is 10.5. The van der Waals surface area contributed by atoms with E-state index in [4.69, 9.17) is 0 Å². The van der Waals surface area contributed by atoms with E-state index in [0.717, 1.165) is 0 Å². The Morgan fingerprint density at radius 1 is 1.50 bits per heavy atom. The van der Waals surface area contributed by atoms with Crippen molar-refractivity contribution in [2.75, 3.05) is 6.67 Å². The van der Waals surface area contributed by atoms with Crippen molar-refractivity contribution in [1.29, 1.82) is 0 Å². The molecule has 0 fully saturated rings. The highest BCUT2D eigenvalue weighted by Gasteiger charge is 1.59. The molecule has 0 aliphatic heterocycles. The largest absolute Gasteiger partial charge is 0.237 e. The first-order valence-electron chi connectivity index (χ1n) is 1.72. The zero-order valence-electron chi connectivity index (χ0n) is 3.50. The van der Waals surface area contributed by atoms with Gasteiger partial charge in [0.05, 0.1) is 0 Å². The van der Waals surface area contributed by atoms with Gasteiger partial charge in [0.25, 0.3) is 0 Å². The molecule has 33 valence electrons. The summed E-state index contributed by atoms with van der Waals surface area (Å²) >= 11 is 0. The second-order valence-electron chi connectivity index (χ2n) is 0.737. The maximum absolute atomic E-state index is 11.0. The van der Waals surface area contributed by atoms with E-state index < -0.39 is 6.67 Å². The summed E-state index contributed by atoms with van der Waals surface area (Å²) in [7, 11) is 0. The lowest BCUT2D eigenvalue weighted by Gasteiger charge is -1.63. The fourth-order valence-electron chi connectivity index (χ4n) is 0.136. The van der Waals surface area contributed by atoms with Crippen LogP contribution in [0.5, 0.6) is 0 Å². The van der Waals surface area contributed by atoms with Crippen molar-refractivity contribution >= 4 is 0 Å². The molecule has 0 amide bonds. The van der Waals surface area contributed by atoms with Crippen LogP contribution >= 0.6 is 0 Å². The van der Waals surface area contributed by atoms with Crippen LogP contribution in [0.3, 0.4) is 0 Å². The molecule has 0 saturated carbocycles. The molecule has 0 aromatic rings. The summed E-state index contributed by atoms with van der Waals surface area (Å²) < 4.78 is 11.0. The Bertz CT molecular complexity index is 57.7. The fourth-order valence-corrected chi connectivity index (χ4v) is 0.136. The minimum absolute atomic E-state index is 0.504. The summed E-state index contributed by atoms with van der Waals surface area (Å²) in [6.07, 6.45) is 0.504. The Morgan fingerprint density at radius 2 is 2.17 bits per heavy atom. The highest BCUT2D eigenvalue weighted by atomic mass is 19.1. The molecule has 1 heteroatoms. The molecule has 0 unspecified atom stereocenters. The van der Waals surface area contributed by atoms with Gasteiger partial charge in [0.1, 0.15) is 6.67 Å². The van der Waals surface area contributed by atoms with Crippen LogP contribution in [-0.2, 0) is 0 Å². The van der Waals surface area contributed by atoms with Gasteiger partial charge in [-0.25, -0.2) is 4.39 Å². The molecule has 0 spiro atoms. The third kappa shape index (κ3) is 3.49. The van der Waals surface area contributed by atoms with Gasteiger partial charge in [-0.2, -0.15) is 0 Å². The predicted octanol–water partition coefficient (Wildman–Crippen LogP) is 1.18. The van der Waals surface area contributed by atoms with Crippen LogP contribution in [-0.4, -0.2) is 6.67 Å². The molecular weight excluding hydrogens is 79.1 g/mol. The maximum atomic E-state index is 11.0. The Balaban J connectivity index is 2.90. The molecule has 0 nitrogen and oxygen atoms in total. The average Bonchev–Trinajstić information content (AvgIpc) is 1.61. The van der Waals surface area contributed by atoms with Gasteiger partial charge in [-0.3, -0.25) is 0 Å². The van der Waals surface area contributed by atoms with Gasteiger partial charge < -0.3 is 0 Å². The van der Waals surface area contributed by atoms with Crippen LogP contribution < -0.4 is 0 Å². The Labute approximate surface area is 37.4 Å². The Kier molecular flexibility index (Phi) is 4.11. The minimum Gasteiger partial charge on any atom is -0.237 e. The van der Waals surface area contributed by atoms with Crippen molar-refractivity contribution in [2.45, 2.75) is 6.42 Å². The number of halogens is 1. The summed E-state index contributed by atoms with van der Waals surface area (Å²) in [4.78, 5) is 0. The van der Waals surface area contributed by atoms with Gasteiger partial charge in [-0.15, -0.1) is 5.92 Å². The van der Waals surface area contributed by atoms with Crippen LogP contribution in [0.25, 0.3) is 0 Å². The highest BCUT2D eigenvalue weighted by Crippen LogP contribution is 1.65. The zero-order chi connectivity index (χ0) is 4.83. The minimum atomic E-state index is -0.546. The van der Waals surface area contributed by atoms with Crippen LogP contribution in [0.2, 0.25) is 0 Å². The summed E-state index contributed by atoms with van der Waals surface area (Å²) in [5, 5.41) is 0. The topological polar surface area (TPSA) is 0 Å². The van der Waals surface area contributed by atoms with Crippen molar-refractivity contribution < 1.29 is 4.39 Å². The van der Waals surface area contributed by atoms with Gasteiger partial charge in [0.2, 0.25) is 0 Å². The SMILES string of the molecule is [CH2]CC#CCF. The summed E-state index contributed by atoms with van der Waals surface area (Å²) in [6, 6.07) is 0. The van der Waals surface area contributed by atoms with E-state index >= 15 is 0 Å². The maximum Gasteiger partial charge on any atom is 0.150 e. The van der Waals surface area contributed by atoms with E-state index in [1.807, 2.05) is 0 Å². The Hall–Kier alpha value is -0.510. The van der Waals surface area contributed by atoms with Gasteiger partial charge in [-0.05, 0) is 6.92 Å². The molecule has 0 aromatic carbocycles. The van der Waals surface area contributed by atoms with Crippen molar-refractivity contribution in [3.63, 3.8) is 0 Å². The van der Waals surface area contributed by atoms with Gasteiger partial charge in [-0.1, -0.05) is 5.92 Å². The molecule has 0 N–H and O–H groups in total. The van der Waals surface area contributed by atoms with E-state index in [0.29, 0.717) is 6.42 Å². The fraction of sp³-hybridized carbons (Fsp3) is 0.400. The van der Waals surface area contributed by atoms with Crippen LogP contribution in [0.4, 0.5) is 4.39 Å². The lowest BCUT2D eigenvalue weighted by Crippen LogP contribution is -1.59. The van der Waals surface area contributed by atoms with E-state index in [1.165, 1.54) is 0 Å². The molecule has 0 bridgehead atoms. The number of hydrogen-bond donors (Lipinski definition) is 0. The predicted molar refractivity (Wildman–Crippen MR) is 23.7 cm³/mol. The highest BCUT2D eigenvalue weighted by molar-refractivity contribution is 4.98. The molecule has 0 saturated heterocycles. The normalized spacial score (nSPS) is 6.33. The van der Waals surface area contributed by atoms with E-state index in [-0.39, 0.29) is 0 Å². The average molecular weight is 85.1 g/mol. The van der Waals surface area contributed by atoms with Gasteiger partial charge in [0.15, 0.2) is 0 Å². The first kappa shape index (κ1) is 5.49. The summed E-state index contributed by atoms with van der Waals surface area (Å²) in [6.45, 7) is 2.84. The van der Waals surface area contributed by atoms with Crippen molar-refractivity contribution in [1.82, 2.24) is 0 Å². The lowest BCUT2D eigenvalue weighted by molar-refractivity contribution is 0.573. The molecule has 0 rings (SSSR count). The van der Waals surface area contributed by atoms with Gasteiger partial charge >= 0.3 is 0 Å². The van der Waals surface area contributed by atoms with Crippen molar-refractivity contribution in [2.24, 2.45) is 0 Å². The zero-order valence-corrected chi connectivity index (χ0v) is 3.50.